The van der Waals surface area contributed by atoms with Gasteiger partial charge in [-0.25, -0.2) is 0 Å². The van der Waals surface area contributed by atoms with E-state index >= 15 is 0 Å². The zero-order chi connectivity index (χ0) is 14.4. The summed E-state index contributed by atoms with van der Waals surface area (Å²) in [6, 6.07) is 18.8. The van der Waals surface area contributed by atoms with Crippen LogP contribution >= 0.6 is 0 Å². The number of anilines is 1. The number of hydrogen-bond acceptors (Lipinski definition) is 3. The van der Waals surface area contributed by atoms with Crippen molar-refractivity contribution in [1.29, 1.82) is 5.26 Å². The molecule has 2 rings (SSSR count). The summed E-state index contributed by atoms with van der Waals surface area (Å²) in [5.74, 6) is -0.707. The van der Waals surface area contributed by atoms with Gasteiger partial charge in [-0.2, -0.15) is 5.26 Å². The largest absolute Gasteiger partial charge is 0.383 e. The lowest BCUT2D eigenvalue weighted by atomic mass is 10.0. The molecule has 0 heterocycles. The first-order valence-electron chi connectivity index (χ1n) is 6.29. The van der Waals surface area contributed by atoms with Crippen molar-refractivity contribution in [2.24, 2.45) is 5.73 Å². The van der Waals surface area contributed by atoms with Crippen LogP contribution in [0.2, 0.25) is 0 Å². The Labute approximate surface area is 117 Å². The maximum Gasteiger partial charge on any atom is 0.248 e. The average molecular weight is 265 g/mol. The Bertz CT molecular complexity index is 632. The Hall–Kier alpha value is -2.80. The fraction of sp³-hybridized carbons (Fsp3) is 0.125. The zero-order valence-electron chi connectivity index (χ0n) is 10.9. The summed E-state index contributed by atoms with van der Waals surface area (Å²) in [5.41, 5.74) is 7.43. The molecule has 4 nitrogen and oxygen atoms in total. The average Bonchev–Trinajstić information content (AvgIpc) is 2.49. The highest BCUT2D eigenvalue weighted by atomic mass is 16.1. The quantitative estimate of drug-likeness (QED) is 0.871. The molecule has 1 unspecified atom stereocenters. The minimum Gasteiger partial charge on any atom is -0.383 e. The van der Waals surface area contributed by atoms with Crippen molar-refractivity contribution in [2.45, 2.75) is 5.92 Å². The minimum absolute atomic E-state index is 0.242. The second-order valence-corrected chi connectivity index (χ2v) is 4.42. The number of rotatable bonds is 5. The molecular formula is C16H15N3O. The summed E-state index contributed by atoms with van der Waals surface area (Å²) < 4.78 is 0. The molecule has 0 radical (unpaired) electrons. The van der Waals surface area contributed by atoms with Gasteiger partial charge in [0.05, 0.1) is 12.0 Å². The predicted octanol–water partition coefficient (Wildman–Crippen LogP) is 2.50. The van der Waals surface area contributed by atoms with E-state index in [0.717, 1.165) is 11.3 Å². The van der Waals surface area contributed by atoms with Crippen LogP contribution in [0.1, 0.15) is 21.8 Å². The van der Waals surface area contributed by atoms with Gasteiger partial charge in [0.25, 0.3) is 0 Å². The molecule has 0 fully saturated rings. The molecule has 0 aliphatic carbocycles. The number of amides is 1. The van der Waals surface area contributed by atoms with E-state index in [0.29, 0.717) is 12.1 Å². The van der Waals surface area contributed by atoms with E-state index in [-0.39, 0.29) is 5.92 Å². The molecule has 1 atom stereocenters. The number of carbonyl (C=O) groups is 1. The second kappa shape index (κ2) is 6.39. The smallest absolute Gasteiger partial charge is 0.248 e. The van der Waals surface area contributed by atoms with Crippen LogP contribution in [0.3, 0.4) is 0 Å². The monoisotopic (exact) mass is 265 g/mol. The number of carbonyl (C=O) groups excluding carboxylic acids is 1. The van der Waals surface area contributed by atoms with E-state index in [1.165, 1.54) is 0 Å². The summed E-state index contributed by atoms with van der Waals surface area (Å²) in [6.45, 7) is 0.475. The number of benzene rings is 2. The molecule has 4 heteroatoms. The van der Waals surface area contributed by atoms with Gasteiger partial charge in [-0.3, -0.25) is 4.79 Å². The lowest BCUT2D eigenvalue weighted by Gasteiger charge is -2.12. The SMILES string of the molecule is N#CC(CNc1cccc(C(N)=O)c1)c1ccccc1. The molecule has 2 aromatic carbocycles. The predicted molar refractivity (Wildman–Crippen MR) is 78.2 cm³/mol. The molecular weight excluding hydrogens is 250 g/mol. The van der Waals surface area contributed by atoms with E-state index in [1.807, 2.05) is 36.4 Å². The van der Waals surface area contributed by atoms with Crippen molar-refractivity contribution >= 4 is 11.6 Å². The van der Waals surface area contributed by atoms with Gasteiger partial charge in [0.1, 0.15) is 0 Å². The highest BCUT2D eigenvalue weighted by molar-refractivity contribution is 5.93. The van der Waals surface area contributed by atoms with E-state index in [1.54, 1.807) is 18.2 Å². The normalized spacial score (nSPS) is 11.3. The van der Waals surface area contributed by atoms with Crippen LogP contribution in [-0.2, 0) is 0 Å². The fourth-order valence-electron chi connectivity index (χ4n) is 1.93. The highest BCUT2D eigenvalue weighted by Gasteiger charge is 2.10. The molecule has 0 spiro atoms. The number of nitriles is 1. The molecule has 0 saturated carbocycles. The first kappa shape index (κ1) is 13.6. The van der Waals surface area contributed by atoms with Crippen LogP contribution in [-0.4, -0.2) is 12.5 Å². The molecule has 3 N–H and O–H groups in total. The molecule has 0 aliphatic rings. The lowest BCUT2D eigenvalue weighted by molar-refractivity contribution is 0.100. The highest BCUT2D eigenvalue weighted by Crippen LogP contribution is 2.17. The fourth-order valence-corrected chi connectivity index (χ4v) is 1.93. The maximum atomic E-state index is 11.1. The molecule has 0 aromatic heterocycles. The Morgan fingerprint density at radius 2 is 1.95 bits per heavy atom. The van der Waals surface area contributed by atoms with E-state index < -0.39 is 5.91 Å². The zero-order valence-corrected chi connectivity index (χ0v) is 10.9. The van der Waals surface area contributed by atoms with Gasteiger partial charge in [-0.15, -0.1) is 0 Å². The number of primary amides is 1. The van der Waals surface area contributed by atoms with Gasteiger partial charge in [0, 0.05) is 17.8 Å². The molecule has 0 saturated heterocycles. The first-order valence-corrected chi connectivity index (χ1v) is 6.29. The van der Waals surface area contributed by atoms with E-state index in [4.69, 9.17) is 5.73 Å². The summed E-state index contributed by atoms with van der Waals surface area (Å²) in [7, 11) is 0. The molecule has 100 valence electrons. The lowest BCUT2D eigenvalue weighted by Crippen LogP contribution is -2.13. The van der Waals surface area contributed by atoms with Crippen LogP contribution in [0.25, 0.3) is 0 Å². The summed E-state index contributed by atoms with van der Waals surface area (Å²) in [4.78, 5) is 11.1. The Morgan fingerprint density at radius 3 is 2.60 bits per heavy atom. The summed E-state index contributed by atoms with van der Waals surface area (Å²) >= 11 is 0. The standard InChI is InChI=1S/C16H15N3O/c17-10-14(12-5-2-1-3-6-12)11-19-15-8-4-7-13(9-15)16(18)20/h1-9,14,19H,11H2,(H2,18,20). The van der Waals surface area contributed by atoms with Gasteiger partial charge in [0.15, 0.2) is 0 Å². The van der Waals surface area contributed by atoms with Crippen molar-refractivity contribution < 1.29 is 4.79 Å². The topological polar surface area (TPSA) is 78.9 Å². The summed E-state index contributed by atoms with van der Waals surface area (Å²) in [6.07, 6.45) is 0. The van der Waals surface area contributed by atoms with Crippen LogP contribution in [0.5, 0.6) is 0 Å². The van der Waals surface area contributed by atoms with Crippen molar-refractivity contribution in [3.63, 3.8) is 0 Å². The molecule has 20 heavy (non-hydrogen) atoms. The van der Waals surface area contributed by atoms with Gasteiger partial charge in [0.2, 0.25) is 5.91 Å². The van der Waals surface area contributed by atoms with Gasteiger partial charge in [-0.05, 0) is 23.8 Å². The maximum absolute atomic E-state index is 11.1. The van der Waals surface area contributed by atoms with E-state index in [9.17, 15) is 10.1 Å². The number of hydrogen-bond donors (Lipinski definition) is 2. The summed E-state index contributed by atoms with van der Waals surface area (Å²) in [5, 5.41) is 12.4. The third-order valence-electron chi connectivity index (χ3n) is 3.02. The number of nitrogens with zero attached hydrogens (tertiary/aromatic N) is 1. The van der Waals surface area contributed by atoms with E-state index in [2.05, 4.69) is 11.4 Å². The molecule has 2 aromatic rings. The Kier molecular flexibility index (Phi) is 4.35. The van der Waals surface area contributed by atoms with Gasteiger partial charge >= 0.3 is 0 Å². The van der Waals surface area contributed by atoms with Crippen molar-refractivity contribution in [3.05, 3.63) is 65.7 Å². The van der Waals surface area contributed by atoms with Crippen LogP contribution in [0, 0.1) is 11.3 Å². The first-order chi connectivity index (χ1) is 9.70. The van der Waals surface area contributed by atoms with Crippen molar-refractivity contribution in [1.82, 2.24) is 0 Å². The van der Waals surface area contributed by atoms with Crippen LogP contribution < -0.4 is 11.1 Å². The van der Waals surface area contributed by atoms with Crippen LogP contribution in [0.4, 0.5) is 5.69 Å². The minimum atomic E-state index is -0.464. The Balaban J connectivity index is 2.06. The third kappa shape index (κ3) is 3.36. The van der Waals surface area contributed by atoms with Crippen molar-refractivity contribution in [2.75, 3.05) is 11.9 Å². The van der Waals surface area contributed by atoms with Crippen LogP contribution in [0.15, 0.2) is 54.6 Å². The second-order valence-electron chi connectivity index (χ2n) is 4.42. The van der Waals surface area contributed by atoms with Gasteiger partial charge in [-0.1, -0.05) is 36.4 Å². The van der Waals surface area contributed by atoms with Gasteiger partial charge < -0.3 is 11.1 Å². The molecule has 0 bridgehead atoms. The number of nitrogens with one attached hydrogen (secondary N) is 1. The third-order valence-corrected chi connectivity index (χ3v) is 3.02. The Morgan fingerprint density at radius 1 is 1.20 bits per heavy atom. The molecule has 0 aliphatic heterocycles. The molecule has 1 amide bonds. The number of nitrogens with two attached hydrogens (primary N) is 1. The van der Waals surface area contributed by atoms with Crippen molar-refractivity contribution in [3.8, 4) is 6.07 Å².